The number of unbranched alkanes of at least 4 members (excludes halogenated alkanes) is 1. The van der Waals surface area contributed by atoms with Crippen LogP contribution < -0.4 is 9.00 Å². The van der Waals surface area contributed by atoms with Gasteiger partial charge in [0.2, 0.25) is 0 Å². The van der Waals surface area contributed by atoms with Gasteiger partial charge in [0.15, 0.2) is 0 Å². The van der Waals surface area contributed by atoms with Crippen LogP contribution in [0.25, 0.3) is 0 Å². The van der Waals surface area contributed by atoms with E-state index >= 15 is 0 Å². The summed E-state index contributed by atoms with van der Waals surface area (Å²) >= 11 is 3.64. The van der Waals surface area contributed by atoms with Gasteiger partial charge in [-0.05, 0) is 42.7 Å². The van der Waals surface area contributed by atoms with Crippen LogP contribution in [0.4, 0.5) is 0 Å². The van der Waals surface area contributed by atoms with Crippen LogP contribution in [0.2, 0.25) is 0 Å². The molecule has 104 valence electrons. The van der Waals surface area contributed by atoms with Crippen LogP contribution in [0.3, 0.4) is 0 Å². The summed E-state index contributed by atoms with van der Waals surface area (Å²) in [5, 5.41) is 4.28. The summed E-state index contributed by atoms with van der Waals surface area (Å²) < 4.78 is 14.4. The van der Waals surface area contributed by atoms with Crippen LogP contribution in [0.1, 0.15) is 19.8 Å². The van der Waals surface area contributed by atoms with Crippen molar-refractivity contribution in [3.8, 4) is 0 Å². The average molecular weight is 313 g/mol. The third-order valence-corrected chi connectivity index (χ3v) is 8.27. The topological polar surface area (TPSA) is 18.5 Å². The first kappa shape index (κ1) is 14.9. The predicted molar refractivity (Wildman–Crippen MR) is 86.7 cm³/mol. The molecule has 0 amide bonds. The van der Waals surface area contributed by atoms with Crippen LogP contribution in [-0.2, 0) is 9.16 Å². The van der Waals surface area contributed by atoms with E-state index in [0.29, 0.717) is 0 Å². The van der Waals surface area contributed by atoms with E-state index in [0.717, 1.165) is 32.7 Å². The first-order valence-corrected chi connectivity index (χ1v) is 10.1. The first-order chi connectivity index (χ1) is 9.42. The largest absolute Gasteiger partial charge is 0.409 e. The summed E-state index contributed by atoms with van der Waals surface area (Å²) in [5.74, 6) is 0. The average Bonchev–Trinajstić information content (AvgIpc) is 3.11. The van der Waals surface area contributed by atoms with Crippen molar-refractivity contribution in [2.45, 2.75) is 19.8 Å². The quantitative estimate of drug-likeness (QED) is 0.523. The Labute approximate surface area is 124 Å². The standard InChI is InChI=1S/C14H20O2S2Si/c1-2-15-9-3-4-10-16-19(13-7-5-11-17-13)14-8-6-12-18-14/h5-8,11-12,19H,2-4,9-10H2,1H3. The van der Waals surface area contributed by atoms with Crippen molar-refractivity contribution in [2.24, 2.45) is 0 Å². The van der Waals surface area contributed by atoms with E-state index < -0.39 is 9.04 Å². The maximum absolute atomic E-state index is 6.22. The minimum Gasteiger partial charge on any atom is -0.409 e. The van der Waals surface area contributed by atoms with E-state index in [-0.39, 0.29) is 0 Å². The third-order valence-electron chi connectivity index (χ3n) is 2.77. The lowest BCUT2D eigenvalue weighted by atomic mass is 10.3. The molecule has 2 aromatic heterocycles. The second kappa shape index (κ2) is 8.66. The van der Waals surface area contributed by atoms with Gasteiger partial charge in [-0.2, -0.15) is 22.7 Å². The van der Waals surface area contributed by atoms with Crippen molar-refractivity contribution in [3.05, 3.63) is 35.0 Å². The molecule has 0 aliphatic heterocycles. The lowest BCUT2D eigenvalue weighted by molar-refractivity contribution is 0.139. The van der Waals surface area contributed by atoms with Crippen molar-refractivity contribution in [1.29, 1.82) is 0 Å². The van der Waals surface area contributed by atoms with Crippen LogP contribution in [0.15, 0.2) is 35.0 Å². The number of rotatable bonds is 9. The molecule has 0 N–H and O–H groups in total. The molecule has 0 saturated carbocycles. The number of hydrogen-bond acceptors (Lipinski definition) is 4. The third kappa shape index (κ3) is 4.85. The molecule has 2 nitrogen and oxygen atoms in total. The van der Waals surface area contributed by atoms with Crippen molar-refractivity contribution >= 4 is 40.7 Å². The Kier molecular flexibility index (Phi) is 6.81. The Bertz CT molecular complexity index is 394. The maximum Gasteiger partial charge on any atom is 0.259 e. The smallest absolute Gasteiger partial charge is 0.259 e. The molecule has 0 aliphatic rings. The maximum atomic E-state index is 6.22. The van der Waals surface area contributed by atoms with Gasteiger partial charge in [0, 0.05) is 28.8 Å². The monoisotopic (exact) mass is 312 g/mol. The normalized spacial score (nSPS) is 11.3. The molecular formula is C14H20O2S2Si. The first-order valence-electron chi connectivity index (χ1n) is 6.68. The van der Waals surface area contributed by atoms with Crippen LogP contribution >= 0.6 is 22.7 Å². The second-order valence-corrected chi connectivity index (χ2v) is 9.32. The molecule has 0 radical (unpaired) electrons. The fraction of sp³-hybridized carbons (Fsp3) is 0.429. The van der Waals surface area contributed by atoms with Crippen LogP contribution in [-0.4, -0.2) is 28.9 Å². The zero-order chi connectivity index (χ0) is 13.3. The molecule has 0 unspecified atom stereocenters. The van der Waals surface area contributed by atoms with E-state index in [4.69, 9.17) is 9.16 Å². The van der Waals surface area contributed by atoms with Crippen molar-refractivity contribution in [3.63, 3.8) is 0 Å². The number of hydrogen-bond donors (Lipinski definition) is 0. The highest BCUT2D eigenvalue weighted by molar-refractivity contribution is 7.29. The Balaban J connectivity index is 1.82. The highest BCUT2D eigenvalue weighted by atomic mass is 32.1. The summed E-state index contributed by atoms with van der Waals surface area (Å²) in [6.45, 7) is 4.54. The SMILES string of the molecule is CCOCCCCO[SiH](c1cccs1)c1cccs1. The molecule has 2 rings (SSSR count). The fourth-order valence-corrected chi connectivity index (χ4v) is 7.22. The highest BCUT2D eigenvalue weighted by Gasteiger charge is 2.19. The minimum atomic E-state index is -1.42. The molecular weight excluding hydrogens is 292 g/mol. The summed E-state index contributed by atoms with van der Waals surface area (Å²) in [5.41, 5.74) is 0. The summed E-state index contributed by atoms with van der Waals surface area (Å²) in [4.78, 5) is 0. The van der Waals surface area contributed by atoms with Gasteiger partial charge in [0.05, 0.1) is 0 Å². The molecule has 2 heterocycles. The lowest BCUT2D eigenvalue weighted by Crippen LogP contribution is -2.42. The summed E-state index contributed by atoms with van der Waals surface area (Å²) in [6, 6.07) is 8.65. The number of ether oxygens (including phenoxy) is 1. The van der Waals surface area contributed by atoms with Crippen molar-refractivity contribution < 1.29 is 9.16 Å². The molecule has 0 atom stereocenters. The van der Waals surface area contributed by atoms with Crippen molar-refractivity contribution in [2.75, 3.05) is 19.8 Å². The molecule has 0 spiro atoms. The van der Waals surface area contributed by atoms with Gasteiger partial charge < -0.3 is 9.16 Å². The zero-order valence-corrected chi connectivity index (χ0v) is 14.0. The van der Waals surface area contributed by atoms with E-state index in [1.165, 1.54) is 9.00 Å². The van der Waals surface area contributed by atoms with Gasteiger partial charge in [-0.15, -0.1) is 0 Å². The van der Waals surface area contributed by atoms with E-state index in [1.54, 1.807) is 0 Å². The lowest BCUT2D eigenvalue weighted by Gasteiger charge is -2.13. The second-order valence-electron chi connectivity index (χ2n) is 4.19. The highest BCUT2D eigenvalue weighted by Crippen LogP contribution is 2.04. The molecule has 0 bridgehead atoms. The van der Waals surface area contributed by atoms with Crippen LogP contribution in [0.5, 0.6) is 0 Å². The fourth-order valence-electron chi connectivity index (χ4n) is 1.84. The Hall–Kier alpha value is -0.463. The summed E-state index contributed by atoms with van der Waals surface area (Å²) in [7, 11) is -1.42. The Morgan fingerprint density at radius 2 is 1.63 bits per heavy atom. The molecule has 0 saturated heterocycles. The van der Waals surface area contributed by atoms with Gasteiger partial charge in [-0.1, -0.05) is 12.1 Å². The van der Waals surface area contributed by atoms with Gasteiger partial charge in [-0.3, -0.25) is 0 Å². The Morgan fingerprint density at radius 1 is 1.00 bits per heavy atom. The molecule has 19 heavy (non-hydrogen) atoms. The van der Waals surface area contributed by atoms with E-state index in [2.05, 4.69) is 35.0 Å². The molecule has 5 heteroatoms. The zero-order valence-electron chi connectivity index (χ0n) is 11.2. The summed E-state index contributed by atoms with van der Waals surface area (Å²) in [6.07, 6.45) is 2.17. The predicted octanol–water partition coefficient (Wildman–Crippen LogP) is 2.48. The Morgan fingerprint density at radius 3 is 2.16 bits per heavy atom. The molecule has 0 fully saturated rings. The molecule has 2 aromatic rings. The minimum absolute atomic E-state index is 0.808. The van der Waals surface area contributed by atoms with Gasteiger partial charge in [0.25, 0.3) is 9.04 Å². The van der Waals surface area contributed by atoms with Gasteiger partial charge in [0.1, 0.15) is 0 Å². The number of thiophene rings is 2. The van der Waals surface area contributed by atoms with Crippen LogP contribution in [0, 0.1) is 0 Å². The van der Waals surface area contributed by atoms with E-state index in [1.807, 2.05) is 29.6 Å². The van der Waals surface area contributed by atoms with Gasteiger partial charge in [-0.25, -0.2) is 0 Å². The molecule has 0 aliphatic carbocycles. The van der Waals surface area contributed by atoms with Gasteiger partial charge >= 0.3 is 0 Å². The van der Waals surface area contributed by atoms with Crippen molar-refractivity contribution in [1.82, 2.24) is 0 Å². The van der Waals surface area contributed by atoms with E-state index in [9.17, 15) is 0 Å². The molecule has 0 aromatic carbocycles.